The Labute approximate surface area is 71.3 Å². The molecule has 0 N–H and O–H groups in total. The molecule has 0 heteroatoms. The Bertz CT molecular complexity index is 136. The zero-order chi connectivity index (χ0) is 9.11. The van der Waals surface area contributed by atoms with E-state index in [1.165, 1.54) is 5.57 Å². The van der Waals surface area contributed by atoms with E-state index in [0.29, 0.717) is 0 Å². The van der Waals surface area contributed by atoms with Crippen LogP contribution in [0.15, 0.2) is 36.0 Å². The van der Waals surface area contributed by atoms with Gasteiger partial charge >= 0.3 is 0 Å². The Kier molecular flexibility index (Phi) is 14.0. The molecule has 0 spiro atoms. The highest BCUT2D eigenvalue weighted by Gasteiger charge is 1.71. The second-order valence-electron chi connectivity index (χ2n) is 1.92. The average molecular weight is 152 g/mol. The monoisotopic (exact) mass is 152 g/mol. The third-order valence-corrected chi connectivity index (χ3v) is 1.12. The van der Waals surface area contributed by atoms with Gasteiger partial charge in [-0.2, -0.15) is 0 Å². The summed E-state index contributed by atoms with van der Waals surface area (Å²) in [6.07, 6.45) is 10.2. The Balaban J connectivity index is 0. The molecule has 0 aromatic rings. The smallest absolute Gasteiger partial charge is 0.0401 e. The second-order valence-corrected chi connectivity index (χ2v) is 1.92. The van der Waals surface area contributed by atoms with E-state index in [4.69, 9.17) is 0 Å². The van der Waals surface area contributed by atoms with Gasteiger partial charge < -0.3 is 0 Å². The Morgan fingerprint density at radius 3 is 1.91 bits per heavy atom. The lowest BCUT2D eigenvalue weighted by atomic mass is 10.2. The fourth-order valence-electron chi connectivity index (χ4n) is 0.415. The Hall–Kier alpha value is -0.780. The molecular weight excluding hydrogens is 132 g/mol. The minimum absolute atomic E-state index is 1.30. The van der Waals surface area contributed by atoms with Gasteiger partial charge in [-0.15, -0.1) is 0 Å². The van der Waals surface area contributed by atoms with Crippen molar-refractivity contribution in [2.75, 3.05) is 0 Å². The van der Waals surface area contributed by atoms with Crippen LogP contribution >= 0.6 is 0 Å². The van der Waals surface area contributed by atoms with Crippen molar-refractivity contribution < 1.29 is 0 Å². The predicted octanol–water partition coefficient (Wildman–Crippen LogP) is 4.11. The molecule has 0 fully saturated rings. The van der Waals surface area contributed by atoms with Crippen LogP contribution in [0, 0.1) is 0 Å². The topological polar surface area (TPSA) is 0 Å². The van der Waals surface area contributed by atoms with Crippen LogP contribution in [0.1, 0.15) is 34.6 Å². The van der Waals surface area contributed by atoms with Crippen LogP contribution in [0.25, 0.3) is 0 Å². The summed E-state index contributed by atoms with van der Waals surface area (Å²) in [5.74, 6) is 0. The standard InChI is InChI=1S/C9H14.C2H6/c1-4-6-7-8-9(3)5-2;1-2/h4-8H,1-3H3;1-2H3/b6-4-,8-7-,9-5-;. The van der Waals surface area contributed by atoms with E-state index in [1.54, 1.807) is 0 Å². The van der Waals surface area contributed by atoms with E-state index < -0.39 is 0 Å². The van der Waals surface area contributed by atoms with Gasteiger partial charge in [0.25, 0.3) is 0 Å². The molecule has 0 aromatic carbocycles. The van der Waals surface area contributed by atoms with Gasteiger partial charge in [0, 0.05) is 0 Å². The lowest BCUT2D eigenvalue weighted by Gasteiger charge is -1.82. The number of rotatable bonds is 2. The predicted molar refractivity (Wildman–Crippen MR) is 54.7 cm³/mol. The molecule has 0 saturated heterocycles. The van der Waals surface area contributed by atoms with E-state index in [-0.39, 0.29) is 0 Å². The maximum atomic E-state index is 2.08. The largest absolute Gasteiger partial charge is 0.0877 e. The molecule has 0 saturated carbocycles. The van der Waals surface area contributed by atoms with Crippen LogP contribution in [-0.4, -0.2) is 0 Å². The molecule has 64 valence electrons. The Morgan fingerprint density at radius 2 is 1.55 bits per heavy atom. The van der Waals surface area contributed by atoms with Crippen LogP contribution in [-0.2, 0) is 0 Å². The maximum absolute atomic E-state index is 2.08. The highest BCUT2D eigenvalue weighted by Crippen LogP contribution is 1.92. The van der Waals surface area contributed by atoms with Gasteiger partial charge in [-0.25, -0.2) is 0 Å². The molecule has 0 aliphatic heterocycles. The van der Waals surface area contributed by atoms with Gasteiger partial charge in [-0.1, -0.05) is 49.8 Å². The molecule has 0 heterocycles. The third-order valence-electron chi connectivity index (χ3n) is 1.12. The van der Waals surface area contributed by atoms with Gasteiger partial charge in [0.2, 0.25) is 0 Å². The van der Waals surface area contributed by atoms with Gasteiger partial charge in [0.05, 0.1) is 0 Å². The summed E-state index contributed by atoms with van der Waals surface area (Å²) in [5.41, 5.74) is 1.30. The molecule has 11 heavy (non-hydrogen) atoms. The van der Waals surface area contributed by atoms with Crippen molar-refractivity contribution in [1.29, 1.82) is 0 Å². The summed E-state index contributed by atoms with van der Waals surface area (Å²) in [6.45, 7) is 10.1. The molecular formula is C11H20. The average Bonchev–Trinajstić information content (AvgIpc) is 2.08. The fraction of sp³-hybridized carbons (Fsp3) is 0.455. The van der Waals surface area contributed by atoms with Crippen molar-refractivity contribution in [3.8, 4) is 0 Å². The highest BCUT2D eigenvalue weighted by molar-refractivity contribution is 5.18. The van der Waals surface area contributed by atoms with Gasteiger partial charge in [0.1, 0.15) is 0 Å². The molecule has 0 aliphatic carbocycles. The third kappa shape index (κ3) is 12.4. The van der Waals surface area contributed by atoms with E-state index in [1.807, 2.05) is 45.9 Å². The normalized spacial score (nSPS) is 11.9. The molecule has 0 nitrogen and oxygen atoms in total. The van der Waals surface area contributed by atoms with E-state index in [2.05, 4.69) is 19.1 Å². The van der Waals surface area contributed by atoms with Crippen LogP contribution in [0.4, 0.5) is 0 Å². The fourth-order valence-corrected chi connectivity index (χ4v) is 0.415. The summed E-state index contributed by atoms with van der Waals surface area (Å²) >= 11 is 0. The first-order valence-electron chi connectivity index (χ1n) is 4.23. The van der Waals surface area contributed by atoms with Crippen molar-refractivity contribution in [3.63, 3.8) is 0 Å². The molecule has 0 amide bonds. The van der Waals surface area contributed by atoms with Crippen molar-refractivity contribution in [2.24, 2.45) is 0 Å². The summed E-state index contributed by atoms with van der Waals surface area (Å²) in [5, 5.41) is 0. The van der Waals surface area contributed by atoms with Gasteiger partial charge in [-0.05, 0) is 20.8 Å². The molecule has 0 atom stereocenters. The summed E-state index contributed by atoms with van der Waals surface area (Å²) in [7, 11) is 0. The number of hydrogen-bond acceptors (Lipinski definition) is 0. The SMILES string of the molecule is CC.C\C=C/C=C\C(C)=C/C. The highest BCUT2D eigenvalue weighted by atomic mass is 13.8. The van der Waals surface area contributed by atoms with E-state index in [9.17, 15) is 0 Å². The molecule has 0 bridgehead atoms. The maximum Gasteiger partial charge on any atom is -0.0401 e. The van der Waals surface area contributed by atoms with Crippen LogP contribution in [0.3, 0.4) is 0 Å². The molecule has 0 radical (unpaired) electrons. The van der Waals surface area contributed by atoms with Crippen molar-refractivity contribution in [3.05, 3.63) is 36.0 Å². The summed E-state index contributed by atoms with van der Waals surface area (Å²) < 4.78 is 0. The number of hydrogen-bond donors (Lipinski definition) is 0. The minimum atomic E-state index is 1.30. The summed E-state index contributed by atoms with van der Waals surface area (Å²) in [4.78, 5) is 0. The zero-order valence-electron chi connectivity index (χ0n) is 8.39. The van der Waals surface area contributed by atoms with E-state index >= 15 is 0 Å². The van der Waals surface area contributed by atoms with Crippen LogP contribution in [0.5, 0.6) is 0 Å². The van der Waals surface area contributed by atoms with Crippen molar-refractivity contribution >= 4 is 0 Å². The first-order chi connectivity index (χ1) is 5.31. The molecule has 0 aromatic heterocycles. The summed E-state index contributed by atoms with van der Waals surface area (Å²) in [6, 6.07) is 0. The Morgan fingerprint density at radius 1 is 1.00 bits per heavy atom. The lowest BCUT2D eigenvalue weighted by Crippen LogP contribution is -1.61. The molecule has 0 aliphatic rings. The molecule has 0 unspecified atom stereocenters. The number of allylic oxidation sites excluding steroid dienone is 6. The van der Waals surface area contributed by atoms with E-state index in [0.717, 1.165) is 0 Å². The van der Waals surface area contributed by atoms with Crippen molar-refractivity contribution in [2.45, 2.75) is 34.6 Å². The first kappa shape index (κ1) is 12.9. The minimum Gasteiger partial charge on any atom is -0.0877 e. The second kappa shape index (κ2) is 12.0. The van der Waals surface area contributed by atoms with Gasteiger partial charge in [-0.3, -0.25) is 0 Å². The van der Waals surface area contributed by atoms with Crippen LogP contribution in [0.2, 0.25) is 0 Å². The molecule has 0 rings (SSSR count). The van der Waals surface area contributed by atoms with Gasteiger partial charge in [0.15, 0.2) is 0 Å². The van der Waals surface area contributed by atoms with Crippen LogP contribution < -0.4 is 0 Å². The van der Waals surface area contributed by atoms with Crippen molar-refractivity contribution in [1.82, 2.24) is 0 Å². The lowest BCUT2D eigenvalue weighted by molar-refractivity contribution is 1.48. The quantitative estimate of drug-likeness (QED) is 0.522. The first-order valence-corrected chi connectivity index (χ1v) is 4.23. The zero-order valence-corrected chi connectivity index (χ0v) is 8.39.